The molecule has 1 amide bonds. The van der Waals surface area contributed by atoms with E-state index >= 15 is 0 Å². The Morgan fingerprint density at radius 2 is 2.05 bits per heavy atom. The maximum absolute atomic E-state index is 12.4. The molecule has 1 N–H and O–H groups in total. The molecule has 0 fully saturated rings. The lowest BCUT2D eigenvalue weighted by Crippen LogP contribution is -2.38. The first-order chi connectivity index (χ1) is 8.81. The molecule has 0 unspecified atom stereocenters. The van der Waals surface area contributed by atoms with Crippen LogP contribution >= 0.6 is 38.5 Å². The number of benzene rings is 1. The van der Waals surface area contributed by atoms with Gasteiger partial charge in [-0.1, -0.05) is 13.8 Å². The zero-order valence-electron chi connectivity index (χ0n) is 10.7. The van der Waals surface area contributed by atoms with Gasteiger partial charge in [-0.05, 0) is 62.6 Å². The SMILES string of the molecule is CC(C)CN(CC(=O)O)C(=O)c1cc(I)ccc1Br. The number of hydrogen-bond donors (Lipinski definition) is 1. The van der Waals surface area contributed by atoms with Crippen LogP contribution in [0.3, 0.4) is 0 Å². The smallest absolute Gasteiger partial charge is 0.323 e. The molecule has 6 heteroatoms. The van der Waals surface area contributed by atoms with Gasteiger partial charge >= 0.3 is 5.97 Å². The Labute approximate surface area is 134 Å². The highest BCUT2D eigenvalue weighted by Gasteiger charge is 2.21. The second-order valence-electron chi connectivity index (χ2n) is 4.60. The largest absolute Gasteiger partial charge is 0.480 e. The Bertz CT molecular complexity index is 491. The van der Waals surface area contributed by atoms with Gasteiger partial charge in [-0.25, -0.2) is 0 Å². The normalized spacial score (nSPS) is 10.6. The predicted octanol–water partition coefficient (Wildman–Crippen LogP) is 3.24. The maximum Gasteiger partial charge on any atom is 0.323 e. The predicted molar refractivity (Wildman–Crippen MR) is 85.2 cm³/mol. The van der Waals surface area contributed by atoms with Gasteiger partial charge in [0.15, 0.2) is 0 Å². The summed E-state index contributed by atoms with van der Waals surface area (Å²) in [4.78, 5) is 24.7. The lowest BCUT2D eigenvalue weighted by molar-refractivity contribution is -0.137. The molecule has 0 aliphatic carbocycles. The Balaban J connectivity index is 3.03. The number of rotatable bonds is 5. The van der Waals surface area contributed by atoms with Crippen LogP contribution in [0.5, 0.6) is 0 Å². The van der Waals surface area contributed by atoms with Crippen LogP contribution < -0.4 is 0 Å². The number of carbonyl (C=O) groups is 2. The van der Waals surface area contributed by atoms with Crippen LogP contribution in [0.4, 0.5) is 0 Å². The summed E-state index contributed by atoms with van der Waals surface area (Å²) in [6, 6.07) is 5.43. The summed E-state index contributed by atoms with van der Waals surface area (Å²) in [6.07, 6.45) is 0. The fraction of sp³-hybridized carbons (Fsp3) is 0.385. The highest BCUT2D eigenvalue weighted by molar-refractivity contribution is 14.1. The third-order valence-corrected chi connectivity index (χ3v) is 3.72. The fourth-order valence-corrected chi connectivity index (χ4v) is 2.56. The summed E-state index contributed by atoms with van der Waals surface area (Å²) in [5.74, 6) is -1.05. The summed E-state index contributed by atoms with van der Waals surface area (Å²) >= 11 is 5.46. The third kappa shape index (κ3) is 5.10. The number of amides is 1. The van der Waals surface area contributed by atoms with Crippen LogP contribution in [-0.2, 0) is 4.79 Å². The lowest BCUT2D eigenvalue weighted by Gasteiger charge is -2.23. The topological polar surface area (TPSA) is 57.6 Å². The molecule has 0 aromatic heterocycles. The van der Waals surface area contributed by atoms with Gasteiger partial charge < -0.3 is 10.0 Å². The van der Waals surface area contributed by atoms with Gasteiger partial charge in [-0.15, -0.1) is 0 Å². The van der Waals surface area contributed by atoms with E-state index in [2.05, 4.69) is 38.5 Å². The molecule has 0 saturated carbocycles. The molecule has 1 rings (SSSR count). The van der Waals surface area contributed by atoms with E-state index in [0.29, 0.717) is 16.6 Å². The van der Waals surface area contributed by atoms with E-state index in [4.69, 9.17) is 5.11 Å². The van der Waals surface area contributed by atoms with Crippen molar-refractivity contribution in [3.63, 3.8) is 0 Å². The van der Waals surface area contributed by atoms with E-state index in [1.54, 1.807) is 12.1 Å². The molecule has 1 aromatic rings. The second kappa shape index (κ2) is 7.23. The molecule has 1 aromatic carbocycles. The van der Waals surface area contributed by atoms with Crippen LogP contribution in [0.1, 0.15) is 24.2 Å². The highest BCUT2D eigenvalue weighted by Crippen LogP contribution is 2.21. The molecule has 0 saturated heterocycles. The lowest BCUT2D eigenvalue weighted by atomic mass is 10.1. The van der Waals surface area contributed by atoms with Gasteiger partial charge in [0, 0.05) is 14.6 Å². The first-order valence-electron chi connectivity index (χ1n) is 5.77. The van der Waals surface area contributed by atoms with Crippen molar-refractivity contribution in [2.75, 3.05) is 13.1 Å². The number of hydrogen-bond acceptors (Lipinski definition) is 2. The summed E-state index contributed by atoms with van der Waals surface area (Å²) in [5.41, 5.74) is 0.494. The highest BCUT2D eigenvalue weighted by atomic mass is 127. The van der Waals surface area contributed by atoms with Crippen LogP contribution in [0.15, 0.2) is 22.7 Å². The van der Waals surface area contributed by atoms with Crippen LogP contribution in [0.25, 0.3) is 0 Å². The molecular weight excluding hydrogens is 425 g/mol. The van der Waals surface area contributed by atoms with Crippen molar-refractivity contribution < 1.29 is 14.7 Å². The molecule has 0 atom stereocenters. The van der Waals surface area contributed by atoms with Crippen LogP contribution in [-0.4, -0.2) is 35.0 Å². The Hall–Kier alpha value is -0.630. The van der Waals surface area contributed by atoms with Crippen molar-refractivity contribution in [1.82, 2.24) is 4.90 Å². The monoisotopic (exact) mass is 439 g/mol. The molecule has 0 radical (unpaired) electrons. The van der Waals surface area contributed by atoms with Crippen molar-refractivity contribution >= 4 is 50.4 Å². The molecule has 0 spiro atoms. The number of halogens is 2. The summed E-state index contributed by atoms with van der Waals surface area (Å²) in [6.45, 7) is 4.04. The van der Waals surface area contributed by atoms with Crippen molar-refractivity contribution in [3.8, 4) is 0 Å². The van der Waals surface area contributed by atoms with Crippen molar-refractivity contribution in [2.24, 2.45) is 5.92 Å². The number of carboxylic acids is 1. The Kier molecular flexibility index (Phi) is 6.25. The van der Waals surface area contributed by atoms with Gasteiger partial charge in [0.2, 0.25) is 0 Å². The minimum atomic E-state index is -1.00. The molecule has 0 bridgehead atoms. The molecule has 19 heavy (non-hydrogen) atoms. The van der Waals surface area contributed by atoms with E-state index in [1.807, 2.05) is 19.9 Å². The van der Waals surface area contributed by atoms with Gasteiger partial charge in [-0.2, -0.15) is 0 Å². The van der Waals surface area contributed by atoms with E-state index in [9.17, 15) is 9.59 Å². The van der Waals surface area contributed by atoms with Gasteiger partial charge in [0.1, 0.15) is 6.54 Å². The maximum atomic E-state index is 12.4. The molecule has 4 nitrogen and oxygen atoms in total. The quantitative estimate of drug-likeness (QED) is 0.716. The van der Waals surface area contributed by atoms with Crippen molar-refractivity contribution in [1.29, 1.82) is 0 Å². The molecular formula is C13H15BrINO3. The number of aliphatic carboxylic acids is 1. The molecule has 0 aliphatic heterocycles. The average molecular weight is 440 g/mol. The molecule has 0 aliphatic rings. The number of carboxylic acid groups (broad SMARTS) is 1. The summed E-state index contributed by atoms with van der Waals surface area (Å²) in [7, 11) is 0. The van der Waals surface area contributed by atoms with E-state index < -0.39 is 5.97 Å². The van der Waals surface area contributed by atoms with E-state index in [0.717, 1.165) is 3.57 Å². The third-order valence-electron chi connectivity index (χ3n) is 2.36. The van der Waals surface area contributed by atoms with Gasteiger partial charge in [0.25, 0.3) is 5.91 Å². The van der Waals surface area contributed by atoms with Crippen molar-refractivity contribution in [3.05, 3.63) is 31.8 Å². The first-order valence-corrected chi connectivity index (χ1v) is 7.64. The fourth-order valence-electron chi connectivity index (χ4n) is 1.66. The Morgan fingerprint density at radius 3 is 2.58 bits per heavy atom. The second-order valence-corrected chi connectivity index (χ2v) is 6.70. The summed E-state index contributed by atoms with van der Waals surface area (Å²) < 4.78 is 1.61. The number of nitrogens with zero attached hydrogens (tertiary/aromatic N) is 1. The van der Waals surface area contributed by atoms with Gasteiger partial charge in [-0.3, -0.25) is 9.59 Å². The minimum Gasteiger partial charge on any atom is -0.480 e. The first kappa shape index (κ1) is 16.4. The number of carbonyl (C=O) groups excluding carboxylic acids is 1. The van der Waals surface area contributed by atoms with Crippen LogP contribution in [0.2, 0.25) is 0 Å². The van der Waals surface area contributed by atoms with Crippen LogP contribution in [0, 0.1) is 9.49 Å². The zero-order valence-corrected chi connectivity index (χ0v) is 14.4. The van der Waals surface area contributed by atoms with E-state index in [1.165, 1.54) is 4.90 Å². The van der Waals surface area contributed by atoms with E-state index in [-0.39, 0.29) is 18.4 Å². The molecule has 104 valence electrons. The summed E-state index contributed by atoms with van der Waals surface area (Å²) in [5, 5.41) is 8.91. The average Bonchev–Trinajstić information content (AvgIpc) is 2.29. The zero-order chi connectivity index (χ0) is 14.6. The van der Waals surface area contributed by atoms with Crippen molar-refractivity contribution in [2.45, 2.75) is 13.8 Å². The Morgan fingerprint density at radius 1 is 1.42 bits per heavy atom. The van der Waals surface area contributed by atoms with Gasteiger partial charge in [0.05, 0.1) is 5.56 Å². The standard InChI is InChI=1S/C13H15BrINO3/c1-8(2)6-16(7-12(17)18)13(19)10-5-9(15)3-4-11(10)14/h3-5,8H,6-7H2,1-2H3,(H,17,18). The molecule has 0 heterocycles. The minimum absolute atomic E-state index is 0.213.